The van der Waals surface area contributed by atoms with E-state index in [1.54, 1.807) is 6.33 Å². The Morgan fingerprint density at radius 1 is 1.05 bits per heavy atom. The molecule has 0 aliphatic rings. The average Bonchev–Trinajstić information content (AvgIpc) is 2.51. The van der Waals surface area contributed by atoms with Crippen LogP contribution in [0.1, 0.15) is 24.5 Å². The first kappa shape index (κ1) is 15.6. The van der Waals surface area contributed by atoms with Gasteiger partial charge in [0.15, 0.2) is 0 Å². The van der Waals surface area contributed by atoms with Crippen LogP contribution in [0.2, 0.25) is 5.02 Å². The maximum absolute atomic E-state index is 5.89. The molecular formula is C16H21ClN4. The van der Waals surface area contributed by atoms with Gasteiger partial charge in [-0.15, -0.1) is 0 Å². The lowest BCUT2D eigenvalue weighted by molar-refractivity contribution is 0.895. The Bertz CT molecular complexity index is 569. The van der Waals surface area contributed by atoms with Crippen molar-refractivity contribution in [1.82, 2.24) is 9.97 Å². The maximum Gasteiger partial charge on any atom is 0.134 e. The van der Waals surface area contributed by atoms with E-state index in [1.807, 2.05) is 19.2 Å². The fraction of sp³-hybridized carbons (Fsp3) is 0.375. The second-order valence-corrected chi connectivity index (χ2v) is 5.29. The van der Waals surface area contributed by atoms with Gasteiger partial charge in [-0.3, -0.25) is 0 Å². The highest BCUT2D eigenvalue weighted by Gasteiger charge is 2.09. The molecule has 1 heterocycles. The molecule has 0 atom stereocenters. The number of rotatable bonds is 7. The van der Waals surface area contributed by atoms with Crippen molar-refractivity contribution < 1.29 is 0 Å². The molecule has 0 bridgehead atoms. The summed E-state index contributed by atoms with van der Waals surface area (Å²) in [6.45, 7) is 2.99. The van der Waals surface area contributed by atoms with E-state index in [2.05, 4.69) is 39.7 Å². The van der Waals surface area contributed by atoms with Crippen molar-refractivity contribution in [1.29, 1.82) is 0 Å². The summed E-state index contributed by atoms with van der Waals surface area (Å²) in [5.41, 5.74) is 2.41. The number of benzene rings is 1. The van der Waals surface area contributed by atoms with Crippen LogP contribution < -0.4 is 10.6 Å². The Hall–Kier alpha value is -1.81. The lowest BCUT2D eigenvalue weighted by atomic mass is 10.1. The van der Waals surface area contributed by atoms with E-state index in [9.17, 15) is 0 Å². The second-order valence-electron chi connectivity index (χ2n) is 4.85. The van der Waals surface area contributed by atoms with Gasteiger partial charge in [-0.05, 0) is 30.5 Å². The molecule has 0 spiro atoms. The van der Waals surface area contributed by atoms with Crippen molar-refractivity contribution in [3.8, 4) is 0 Å². The lowest BCUT2D eigenvalue weighted by Crippen LogP contribution is -2.11. The van der Waals surface area contributed by atoms with E-state index in [0.717, 1.165) is 48.0 Å². The predicted molar refractivity (Wildman–Crippen MR) is 89.2 cm³/mol. The first-order chi connectivity index (χ1) is 10.2. The monoisotopic (exact) mass is 304 g/mol. The number of halogens is 1. The van der Waals surface area contributed by atoms with Crippen LogP contribution in [-0.2, 0) is 12.8 Å². The fourth-order valence-corrected chi connectivity index (χ4v) is 2.37. The molecule has 0 amide bonds. The van der Waals surface area contributed by atoms with E-state index >= 15 is 0 Å². The SMILES string of the molecule is CCCc1c(NC)ncnc1NCCc1ccc(Cl)cc1. The number of nitrogens with one attached hydrogen (secondary N) is 2. The zero-order valence-electron chi connectivity index (χ0n) is 12.5. The van der Waals surface area contributed by atoms with Crippen LogP contribution in [0.15, 0.2) is 30.6 Å². The molecule has 0 saturated carbocycles. The predicted octanol–water partition coefficient (Wildman–Crippen LogP) is 3.78. The number of aromatic nitrogens is 2. The van der Waals surface area contributed by atoms with Gasteiger partial charge in [0, 0.05) is 24.2 Å². The summed E-state index contributed by atoms with van der Waals surface area (Å²) in [4.78, 5) is 8.64. The Balaban J connectivity index is 2.00. The number of hydrogen-bond donors (Lipinski definition) is 2. The molecule has 0 fully saturated rings. The van der Waals surface area contributed by atoms with Crippen LogP contribution in [0.3, 0.4) is 0 Å². The molecule has 4 nitrogen and oxygen atoms in total. The Labute approximate surface area is 131 Å². The molecule has 0 aliphatic carbocycles. The largest absolute Gasteiger partial charge is 0.373 e. The van der Waals surface area contributed by atoms with Gasteiger partial charge in [-0.2, -0.15) is 0 Å². The minimum Gasteiger partial charge on any atom is -0.373 e. The van der Waals surface area contributed by atoms with Gasteiger partial charge < -0.3 is 10.6 Å². The normalized spacial score (nSPS) is 10.4. The molecule has 2 N–H and O–H groups in total. The minimum absolute atomic E-state index is 0.770. The average molecular weight is 305 g/mol. The molecule has 5 heteroatoms. The van der Waals surface area contributed by atoms with Gasteiger partial charge in [0.25, 0.3) is 0 Å². The quantitative estimate of drug-likeness (QED) is 0.817. The van der Waals surface area contributed by atoms with Crippen LogP contribution in [0.25, 0.3) is 0 Å². The van der Waals surface area contributed by atoms with Crippen LogP contribution in [0.5, 0.6) is 0 Å². The first-order valence-electron chi connectivity index (χ1n) is 7.24. The topological polar surface area (TPSA) is 49.8 Å². The summed E-state index contributed by atoms with van der Waals surface area (Å²) in [7, 11) is 1.89. The van der Waals surface area contributed by atoms with Gasteiger partial charge in [0.05, 0.1) is 0 Å². The van der Waals surface area contributed by atoms with Crippen LogP contribution in [-0.4, -0.2) is 23.6 Å². The van der Waals surface area contributed by atoms with Crippen LogP contribution in [0, 0.1) is 0 Å². The summed E-state index contributed by atoms with van der Waals surface area (Å²) in [5, 5.41) is 7.31. The first-order valence-corrected chi connectivity index (χ1v) is 7.62. The summed E-state index contributed by atoms with van der Waals surface area (Å²) in [6, 6.07) is 7.94. The van der Waals surface area contributed by atoms with Gasteiger partial charge >= 0.3 is 0 Å². The van der Waals surface area contributed by atoms with E-state index < -0.39 is 0 Å². The summed E-state index contributed by atoms with van der Waals surface area (Å²) < 4.78 is 0. The van der Waals surface area contributed by atoms with E-state index in [4.69, 9.17) is 11.6 Å². The summed E-state index contributed by atoms with van der Waals surface area (Å²) in [6.07, 6.45) is 4.55. The number of anilines is 2. The number of nitrogens with zero attached hydrogens (tertiary/aromatic N) is 2. The minimum atomic E-state index is 0.770. The summed E-state index contributed by atoms with van der Waals surface area (Å²) >= 11 is 5.89. The zero-order chi connectivity index (χ0) is 15.1. The standard InChI is InChI=1S/C16H21ClN4/c1-3-4-14-15(18-2)20-11-21-16(14)19-10-9-12-5-7-13(17)8-6-12/h5-8,11H,3-4,9-10H2,1-2H3,(H2,18,19,20,21). The van der Waals surface area contributed by atoms with Gasteiger partial charge in [0.1, 0.15) is 18.0 Å². The molecule has 0 unspecified atom stereocenters. The molecule has 2 aromatic rings. The molecule has 21 heavy (non-hydrogen) atoms. The highest BCUT2D eigenvalue weighted by molar-refractivity contribution is 6.30. The van der Waals surface area contributed by atoms with Crippen LogP contribution in [0.4, 0.5) is 11.6 Å². The highest BCUT2D eigenvalue weighted by atomic mass is 35.5. The number of hydrogen-bond acceptors (Lipinski definition) is 4. The zero-order valence-corrected chi connectivity index (χ0v) is 13.2. The molecular weight excluding hydrogens is 284 g/mol. The van der Waals surface area contributed by atoms with Crippen molar-refractivity contribution in [2.75, 3.05) is 24.2 Å². The maximum atomic E-state index is 5.89. The van der Waals surface area contributed by atoms with Crippen molar-refractivity contribution in [2.24, 2.45) is 0 Å². The summed E-state index contributed by atoms with van der Waals surface area (Å²) in [5.74, 6) is 1.83. The molecule has 112 valence electrons. The molecule has 1 aromatic carbocycles. The third-order valence-electron chi connectivity index (χ3n) is 3.30. The Kier molecular flexibility index (Phi) is 5.81. The molecule has 2 rings (SSSR count). The molecule has 1 aromatic heterocycles. The highest BCUT2D eigenvalue weighted by Crippen LogP contribution is 2.21. The van der Waals surface area contributed by atoms with Crippen molar-refractivity contribution in [3.05, 3.63) is 46.7 Å². The van der Waals surface area contributed by atoms with E-state index in [1.165, 1.54) is 5.56 Å². The van der Waals surface area contributed by atoms with E-state index in [-0.39, 0.29) is 0 Å². The molecule has 0 aliphatic heterocycles. The van der Waals surface area contributed by atoms with Crippen molar-refractivity contribution in [3.63, 3.8) is 0 Å². The van der Waals surface area contributed by atoms with Crippen molar-refractivity contribution >= 4 is 23.2 Å². The van der Waals surface area contributed by atoms with Crippen molar-refractivity contribution in [2.45, 2.75) is 26.2 Å². The van der Waals surface area contributed by atoms with Gasteiger partial charge in [0.2, 0.25) is 0 Å². The van der Waals surface area contributed by atoms with Gasteiger partial charge in [-0.25, -0.2) is 9.97 Å². The lowest BCUT2D eigenvalue weighted by Gasteiger charge is -2.13. The molecule has 0 saturated heterocycles. The third kappa shape index (κ3) is 4.33. The third-order valence-corrected chi connectivity index (χ3v) is 3.55. The smallest absolute Gasteiger partial charge is 0.134 e. The molecule has 0 radical (unpaired) electrons. The van der Waals surface area contributed by atoms with E-state index in [0.29, 0.717) is 0 Å². The second kappa shape index (κ2) is 7.84. The Morgan fingerprint density at radius 3 is 2.43 bits per heavy atom. The fourth-order valence-electron chi connectivity index (χ4n) is 2.24. The van der Waals surface area contributed by atoms with Gasteiger partial charge in [-0.1, -0.05) is 37.1 Å². The van der Waals surface area contributed by atoms with Crippen LogP contribution >= 0.6 is 11.6 Å². The Morgan fingerprint density at radius 2 is 1.76 bits per heavy atom.